The summed E-state index contributed by atoms with van der Waals surface area (Å²) in [6.45, 7) is 4.20. The van der Waals surface area contributed by atoms with E-state index < -0.39 is 0 Å². The van der Waals surface area contributed by atoms with E-state index in [9.17, 15) is 4.39 Å². The van der Waals surface area contributed by atoms with Crippen molar-refractivity contribution in [1.82, 2.24) is 9.55 Å². The van der Waals surface area contributed by atoms with Gasteiger partial charge in [0.2, 0.25) is 0 Å². The Morgan fingerprint density at radius 2 is 2.00 bits per heavy atom. The van der Waals surface area contributed by atoms with Gasteiger partial charge in [-0.1, -0.05) is 19.3 Å². The number of hydrogen-bond donors (Lipinski definition) is 0. The molecule has 1 heterocycles. The second-order valence-corrected chi connectivity index (χ2v) is 7.74. The van der Waals surface area contributed by atoms with Crippen molar-refractivity contribution in [3.63, 3.8) is 0 Å². The van der Waals surface area contributed by atoms with E-state index in [2.05, 4.69) is 32.4 Å². The van der Waals surface area contributed by atoms with E-state index >= 15 is 0 Å². The molecule has 0 amide bonds. The number of hydrogen-bond acceptors (Lipinski definition) is 1. The molecule has 0 saturated heterocycles. The first-order valence-electron chi connectivity index (χ1n) is 7.44. The van der Waals surface area contributed by atoms with Crippen LogP contribution in [-0.2, 0) is 5.54 Å². The minimum atomic E-state index is -0.283. The molecule has 1 aliphatic carbocycles. The van der Waals surface area contributed by atoms with E-state index in [1.807, 2.05) is 13.0 Å². The van der Waals surface area contributed by atoms with Crippen molar-refractivity contribution in [2.75, 3.05) is 0 Å². The summed E-state index contributed by atoms with van der Waals surface area (Å²) in [5, 5.41) is -0.196. The molecule has 0 radical (unpaired) electrons. The van der Waals surface area contributed by atoms with Crippen molar-refractivity contribution in [2.45, 2.75) is 56.9 Å². The van der Waals surface area contributed by atoms with E-state index in [0.29, 0.717) is 9.99 Å². The number of aromatic nitrogens is 2. The Kier molecular flexibility index (Phi) is 4.04. The fourth-order valence-electron chi connectivity index (χ4n) is 3.46. The van der Waals surface area contributed by atoms with Gasteiger partial charge in [0.15, 0.2) is 0 Å². The second-order valence-electron chi connectivity index (χ2n) is 6.23. The lowest BCUT2D eigenvalue weighted by atomic mass is 9.82. The van der Waals surface area contributed by atoms with Crippen LogP contribution < -0.4 is 0 Å². The van der Waals surface area contributed by atoms with Gasteiger partial charge >= 0.3 is 0 Å². The molecular weight excluding hydrogens is 355 g/mol. The van der Waals surface area contributed by atoms with Crippen molar-refractivity contribution in [3.05, 3.63) is 28.2 Å². The Morgan fingerprint density at radius 3 is 2.62 bits per heavy atom. The van der Waals surface area contributed by atoms with Crippen molar-refractivity contribution in [2.24, 2.45) is 0 Å². The van der Waals surface area contributed by atoms with Gasteiger partial charge in [0.1, 0.15) is 11.6 Å². The van der Waals surface area contributed by atoms with Crippen LogP contribution in [0.25, 0.3) is 11.0 Å². The third kappa shape index (κ3) is 2.61. The van der Waals surface area contributed by atoms with E-state index in [4.69, 9.17) is 11.6 Å². The zero-order valence-electron chi connectivity index (χ0n) is 12.3. The van der Waals surface area contributed by atoms with E-state index in [1.54, 1.807) is 0 Å². The third-order valence-electron chi connectivity index (χ3n) is 4.55. The van der Waals surface area contributed by atoms with E-state index in [1.165, 1.54) is 25.3 Å². The molecule has 1 aliphatic rings. The molecule has 2 nitrogen and oxygen atoms in total. The van der Waals surface area contributed by atoms with Crippen molar-refractivity contribution < 1.29 is 4.39 Å². The first-order chi connectivity index (χ1) is 9.92. The smallest absolute Gasteiger partial charge is 0.139 e. The molecule has 0 aliphatic heterocycles. The average Bonchev–Trinajstić information content (AvgIpc) is 2.79. The van der Waals surface area contributed by atoms with Gasteiger partial charge in [-0.3, -0.25) is 0 Å². The minimum absolute atomic E-state index is 0.0166. The predicted molar refractivity (Wildman–Crippen MR) is 88.4 cm³/mol. The lowest BCUT2D eigenvalue weighted by Crippen LogP contribution is -2.34. The molecule has 1 aromatic heterocycles. The van der Waals surface area contributed by atoms with Crippen molar-refractivity contribution >= 4 is 38.6 Å². The highest BCUT2D eigenvalue weighted by Gasteiger charge is 2.33. The number of rotatable bonds is 2. The first kappa shape index (κ1) is 15.3. The molecule has 1 fully saturated rings. The maximum Gasteiger partial charge on any atom is 0.139 e. The highest BCUT2D eigenvalue weighted by Crippen LogP contribution is 2.40. The molecular formula is C16H19BrClFN2. The molecule has 0 N–H and O–H groups in total. The molecule has 0 bridgehead atoms. The van der Waals surface area contributed by atoms with Crippen LogP contribution in [-0.4, -0.2) is 9.55 Å². The highest BCUT2D eigenvalue weighted by atomic mass is 79.9. The summed E-state index contributed by atoms with van der Waals surface area (Å²) in [5.41, 5.74) is 1.67. The number of nitrogens with zero attached hydrogens (tertiary/aromatic N) is 2. The molecule has 1 unspecified atom stereocenters. The highest BCUT2D eigenvalue weighted by molar-refractivity contribution is 9.10. The van der Waals surface area contributed by atoms with Gasteiger partial charge in [-0.05, 0) is 48.7 Å². The third-order valence-corrected chi connectivity index (χ3v) is 5.35. The molecule has 1 atom stereocenters. The summed E-state index contributed by atoms with van der Waals surface area (Å²) in [7, 11) is 0. The summed E-state index contributed by atoms with van der Waals surface area (Å²) in [6.07, 6.45) is 5.95. The predicted octanol–water partition coefficient (Wildman–Crippen LogP) is 5.92. The van der Waals surface area contributed by atoms with E-state index in [0.717, 1.165) is 24.2 Å². The maximum atomic E-state index is 13.8. The Labute approximate surface area is 137 Å². The fraction of sp³-hybridized carbons (Fsp3) is 0.562. The fourth-order valence-corrected chi connectivity index (χ4v) is 3.94. The molecule has 0 spiro atoms. The zero-order chi connectivity index (χ0) is 15.2. The Hall–Kier alpha value is -0.610. The Bertz CT molecular complexity index is 674. The van der Waals surface area contributed by atoms with Gasteiger partial charge in [0.05, 0.1) is 20.9 Å². The van der Waals surface area contributed by atoms with Gasteiger partial charge in [-0.2, -0.15) is 0 Å². The SMILES string of the molecule is CC(Cl)c1nc2cc(F)c(Br)cc2n1C1(C)CCCCC1. The summed E-state index contributed by atoms with van der Waals surface area (Å²) >= 11 is 9.64. The maximum absolute atomic E-state index is 13.8. The Morgan fingerprint density at radius 1 is 1.33 bits per heavy atom. The minimum Gasteiger partial charge on any atom is -0.321 e. The van der Waals surface area contributed by atoms with E-state index in [-0.39, 0.29) is 16.7 Å². The summed E-state index contributed by atoms with van der Waals surface area (Å²) in [5.74, 6) is 0.559. The standard InChI is InChI=1S/C16H19BrClFN2/c1-10(18)15-20-13-9-12(19)11(17)8-14(13)21(15)16(2)6-4-3-5-7-16/h8-10H,3-7H2,1-2H3. The molecule has 1 saturated carbocycles. The molecule has 3 rings (SSSR count). The summed E-state index contributed by atoms with van der Waals surface area (Å²) in [6, 6.07) is 3.32. The number of fused-ring (bicyclic) bond motifs is 1. The number of imidazole rings is 1. The van der Waals surface area contributed by atoms with Crippen molar-refractivity contribution in [3.8, 4) is 0 Å². The Balaban J connectivity index is 2.27. The molecule has 114 valence electrons. The van der Waals surface area contributed by atoms with Crippen molar-refractivity contribution in [1.29, 1.82) is 0 Å². The largest absolute Gasteiger partial charge is 0.321 e. The van der Waals surface area contributed by atoms with Crippen LogP contribution in [0.5, 0.6) is 0 Å². The number of benzene rings is 1. The quantitative estimate of drug-likeness (QED) is 0.598. The summed E-state index contributed by atoms with van der Waals surface area (Å²) < 4.78 is 16.5. The lowest BCUT2D eigenvalue weighted by Gasteiger charge is -2.37. The monoisotopic (exact) mass is 372 g/mol. The van der Waals surface area contributed by atoms with Crippen LogP contribution >= 0.6 is 27.5 Å². The van der Waals surface area contributed by atoms with Crippen LogP contribution in [0, 0.1) is 5.82 Å². The van der Waals surface area contributed by atoms with Crippen LogP contribution in [0.15, 0.2) is 16.6 Å². The lowest BCUT2D eigenvalue weighted by molar-refractivity contribution is 0.219. The number of alkyl halides is 1. The molecule has 21 heavy (non-hydrogen) atoms. The van der Waals surface area contributed by atoms with Gasteiger partial charge in [0, 0.05) is 11.6 Å². The van der Waals surface area contributed by atoms with Gasteiger partial charge < -0.3 is 4.57 Å². The van der Waals surface area contributed by atoms with Crippen LogP contribution in [0.1, 0.15) is 57.2 Å². The topological polar surface area (TPSA) is 17.8 Å². The second kappa shape index (κ2) is 5.54. The van der Waals surface area contributed by atoms with Gasteiger partial charge in [-0.15, -0.1) is 11.6 Å². The molecule has 2 aromatic rings. The van der Waals surface area contributed by atoms with Gasteiger partial charge in [-0.25, -0.2) is 9.37 Å². The van der Waals surface area contributed by atoms with Gasteiger partial charge in [0.25, 0.3) is 0 Å². The molecule has 5 heteroatoms. The first-order valence-corrected chi connectivity index (χ1v) is 8.67. The summed E-state index contributed by atoms with van der Waals surface area (Å²) in [4.78, 5) is 4.60. The van der Waals surface area contributed by atoms with Crippen LogP contribution in [0.3, 0.4) is 0 Å². The molecule has 1 aromatic carbocycles. The average molecular weight is 374 g/mol. The zero-order valence-corrected chi connectivity index (χ0v) is 14.6. The van der Waals surface area contributed by atoms with Crippen LogP contribution in [0.2, 0.25) is 0 Å². The normalized spacial score (nSPS) is 19.9. The number of halogens is 3. The van der Waals surface area contributed by atoms with Crippen LogP contribution in [0.4, 0.5) is 4.39 Å².